The van der Waals surface area contributed by atoms with Crippen molar-refractivity contribution >= 4 is 0 Å². The molecule has 0 atom stereocenters. The van der Waals surface area contributed by atoms with Crippen molar-refractivity contribution in [1.82, 2.24) is 0 Å². The molecule has 0 fully saturated rings. The molecule has 4 nitrogen and oxygen atoms in total. The van der Waals surface area contributed by atoms with Crippen LogP contribution in [0.25, 0.3) is 0 Å². The molecule has 0 aromatic rings. The monoisotopic (exact) mass is 300 g/mol. The number of rotatable bonds is 1. The van der Waals surface area contributed by atoms with Gasteiger partial charge in [-0.2, -0.15) is 0 Å². The van der Waals surface area contributed by atoms with Gasteiger partial charge >= 0.3 is 45.8 Å². The number of nitrogens with zero attached hydrogens (tertiary/aromatic N) is 1. The molecule has 0 radical (unpaired) electrons. The summed E-state index contributed by atoms with van der Waals surface area (Å²) >= 11 is 0.242. The van der Waals surface area contributed by atoms with Crippen LogP contribution in [0.1, 0.15) is 0 Å². The van der Waals surface area contributed by atoms with Crippen molar-refractivity contribution in [3.63, 3.8) is 0 Å². The van der Waals surface area contributed by atoms with Crippen LogP contribution in [-0.4, -0.2) is 5.09 Å². The molecule has 0 amide bonds. The summed E-state index contributed by atoms with van der Waals surface area (Å²) in [6.45, 7) is 0. The van der Waals surface area contributed by atoms with Gasteiger partial charge < -0.3 is 0 Å². The van der Waals surface area contributed by atoms with Crippen LogP contribution in [0.2, 0.25) is 0 Å². The maximum absolute atomic E-state index is 8.98. The predicted molar refractivity (Wildman–Crippen MR) is 8.08 cm³/mol. The summed E-state index contributed by atoms with van der Waals surface area (Å²) in [6.07, 6.45) is 0. The van der Waals surface area contributed by atoms with Gasteiger partial charge in [-0.15, -0.1) is 0 Å². The van der Waals surface area contributed by atoms with Crippen LogP contribution in [0.15, 0.2) is 0 Å². The molecule has 0 aromatic carbocycles. The van der Waals surface area contributed by atoms with Crippen LogP contribution >= 0.6 is 0 Å². The van der Waals surface area contributed by atoms with E-state index >= 15 is 0 Å². The van der Waals surface area contributed by atoms with Gasteiger partial charge in [0.25, 0.3) is 0 Å². The zero-order valence-electron chi connectivity index (χ0n) is 2.08. The number of hydrogen-bond donors (Lipinski definition) is 0. The van der Waals surface area contributed by atoms with E-state index in [1.807, 2.05) is 0 Å². The van der Waals surface area contributed by atoms with Crippen molar-refractivity contribution < 1.29 is 35.7 Å². The van der Waals surface area contributed by atoms with E-state index in [0.29, 0.717) is 0 Å². The van der Waals surface area contributed by atoms with E-state index < -0.39 is 5.09 Å². The zero-order chi connectivity index (χ0) is 4.28. The Morgan fingerprint density at radius 2 is 2.20 bits per heavy atom. The second-order valence-corrected chi connectivity index (χ2v) is 0.919. The van der Waals surface area contributed by atoms with Crippen molar-refractivity contribution in [2.24, 2.45) is 0 Å². The minimum atomic E-state index is -0.818. The van der Waals surface area contributed by atoms with Gasteiger partial charge in [-0.3, -0.25) is 0 Å². The van der Waals surface area contributed by atoms with Gasteiger partial charge in [0.2, 0.25) is 0 Å². The number of hydrogen-bond acceptors (Lipinski definition) is 3. The molecule has 5 heteroatoms. The fourth-order valence-electron chi connectivity index (χ4n) is 0. The summed E-state index contributed by atoms with van der Waals surface area (Å²) in [5.41, 5.74) is 0. The van der Waals surface area contributed by atoms with Crippen molar-refractivity contribution in [3.8, 4) is 0 Å². The summed E-state index contributed by atoms with van der Waals surface area (Å²) in [5.74, 6) is 0. The Hall–Kier alpha value is 0.187. The third kappa shape index (κ3) is 4.19. The molecule has 0 spiro atoms. The van der Waals surface area contributed by atoms with E-state index in [1.165, 1.54) is 0 Å². The van der Waals surface area contributed by atoms with Crippen LogP contribution in [0.4, 0.5) is 0 Å². The van der Waals surface area contributed by atoms with Crippen LogP contribution in [0.3, 0.4) is 0 Å². The van der Waals surface area contributed by atoms with Gasteiger partial charge in [-0.1, -0.05) is 0 Å². The van der Waals surface area contributed by atoms with Crippen LogP contribution in [0, 0.1) is 38.2 Å². The first-order valence-electron chi connectivity index (χ1n) is 0.714. The molecule has 0 rings (SSSR count). The molecular formula is NO3Pu. The van der Waals surface area contributed by atoms with Crippen LogP contribution in [-0.2, 0) is 2.57 Å². The normalized spacial score (nSPS) is 6.80. The minimum absolute atomic E-state index is 0.242. The molecule has 5 heavy (non-hydrogen) atoms. The first-order chi connectivity index (χ1) is 2.27. The van der Waals surface area contributed by atoms with Crippen molar-refractivity contribution in [3.05, 3.63) is 10.1 Å². The molecule has 0 unspecified atom stereocenters. The van der Waals surface area contributed by atoms with Gasteiger partial charge in [-0.05, 0) is 0 Å². The molecule has 29 valence electrons. The quantitative estimate of drug-likeness (QED) is 0.492. The Bertz CT molecular complexity index is 42.2. The van der Waals surface area contributed by atoms with Gasteiger partial charge in [0.15, 0.2) is 0 Å². The molecule has 0 aliphatic carbocycles. The summed E-state index contributed by atoms with van der Waals surface area (Å²) in [4.78, 5) is 8.98. The molecule has 0 saturated heterocycles. The maximum atomic E-state index is 8.98. The molecule has 0 aromatic heterocycles. The molecule has 0 aliphatic heterocycles. The van der Waals surface area contributed by atoms with E-state index in [0.717, 1.165) is 0 Å². The Morgan fingerprint density at radius 3 is 2.20 bits per heavy atom. The standard InChI is InChI=1S/NO3.Pu/c2-1(3)4;/q-1;+1. The second kappa shape index (κ2) is 2.43. The van der Waals surface area contributed by atoms with Crippen LogP contribution < -0.4 is 0 Å². The average molecular weight is 306 g/mol. The molecular weight excluding hydrogens is 306 g/mol. The fourth-order valence-corrected chi connectivity index (χ4v) is 0. The van der Waals surface area contributed by atoms with E-state index in [9.17, 15) is 0 Å². The molecule has 0 saturated carbocycles. The third-order valence-corrected chi connectivity index (χ3v) is 0.568. The topological polar surface area (TPSA) is 52.4 Å². The summed E-state index contributed by atoms with van der Waals surface area (Å²) in [7, 11) is 0. The Kier molecular flexibility index (Phi) is 2.52. The first-order valence-corrected chi connectivity index (χ1v) is 2.10. The SMILES string of the molecule is O=[N+]([O-])[O][Pu]. The zero-order valence-corrected chi connectivity index (χ0v) is 5.48. The van der Waals surface area contributed by atoms with E-state index in [4.69, 9.17) is 10.1 Å². The van der Waals surface area contributed by atoms with Gasteiger partial charge in [-0.25, -0.2) is 0 Å². The van der Waals surface area contributed by atoms with Crippen molar-refractivity contribution in [1.29, 1.82) is 0 Å². The second-order valence-electron chi connectivity index (χ2n) is 0.298. The predicted octanol–water partition coefficient (Wildman–Crippen LogP) is -0.341. The van der Waals surface area contributed by atoms with Gasteiger partial charge in [0.1, 0.15) is 0 Å². The molecule has 0 bridgehead atoms. The van der Waals surface area contributed by atoms with Crippen LogP contribution in [0.5, 0.6) is 0 Å². The van der Waals surface area contributed by atoms with E-state index in [2.05, 4.69) is 2.57 Å². The summed E-state index contributed by atoms with van der Waals surface area (Å²) < 4.78 is 3.60. The summed E-state index contributed by atoms with van der Waals surface area (Å²) in [5, 5.41) is 8.16. The van der Waals surface area contributed by atoms with E-state index in [1.54, 1.807) is 0 Å². The molecule has 0 N–H and O–H groups in total. The van der Waals surface area contributed by atoms with Crippen molar-refractivity contribution in [2.75, 3.05) is 0 Å². The van der Waals surface area contributed by atoms with Crippen molar-refractivity contribution in [2.45, 2.75) is 0 Å². The molecule has 0 heterocycles. The average Bonchev–Trinajstić information content (AvgIpc) is 1.38. The van der Waals surface area contributed by atoms with Gasteiger partial charge in [0.05, 0.1) is 0 Å². The Balaban J connectivity index is 2.85. The summed E-state index contributed by atoms with van der Waals surface area (Å²) in [6, 6.07) is 0. The first kappa shape index (κ1) is 5.19. The molecule has 0 aliphatic rings. The van der Waals surface area contributed by atoms with E-state index in [-0.39, 0.29) is 28.0 Å². The Morgan fingerprint density at radius 1 is 2.00 bits per heavy atom. The Labute approximate surface area is 46.1 Å². The van der Waals surface area contributed by atoms with Gasteiger partial charge in [0, 0.05) is 0 Å². The third-order valence-electron chi connectivity index (χ3n) is 0.0609. The fraction of sp³-hybridized carbons (Fsp3) is 0.